The van der Waals surface area contributed by atoms with Crippen molar-refractivity contribution in [2.45, 2.75) is 0 Å². The first-order valence-corrected chi connectivity index (χ1v) is 3.93. The average Bonchev–Trinajstić information content (AvgIpc) is 2.47. The maximum Gasteiger partial charge on any atom is 0.254 e. The Morgan fingerprint density at radius 3 is 2.69 bits per heavy atom. The van der Waals surface area contributed by atoms with Gasteiger partial charge in [0.25, 0.3) is 5.24 Å². The molecule has 0 unspecified atom stereocenters. The van der Waals surface area contributed by atoms with Gasteiger partial charge in [-0.1, -0.05) is 18.2 Å². The predicted molar refractivity (Wildman–Crippen MR) is 55.7 cm³/mol. The van der Waals surface area contributed by atoms with Gasteiger partial charge < -0.3 is 4.98 Å². The van der Waals surface area contributed by atoms with Crippen LogP contribution in [0.3, 0.4) is 0 Å². The fraction of sp³-hybridized carbons (Fsp3) is 0. The lowest BCUT2D eigenvalue weighted by Gasteiger charge is -1.89. The van der Waals surface area contributed by atoms with Gasteiger partial charge in [-0.15, -0.1) is 12.4 Å². The van der Waals surface area contributed by atoms with Crippen molar-refractivity contribution in [2.24, 2.45) is 0 Å². The number of rotatable bonds is 1. The SMILES string of the molecule is Cl.O=C(Cl)c1c[nH]c2ccccc12. The molecule has 0 amide bonds. The molecule has 68 valence electrons. The van der Waals surface area contributed by atoms with Crippen LogP contribution < -0.4 is 0 Å². The Kier molecular flexibility index (Phi) is 2.96. The topological polar surface area (TPSA) is 32.9 Å². The molecule has 2 nitrogen and oxygen atoms in total. The van der Waals surface area contributed by atoms with Crippen molar-refractivity contribution in [1.29, 1.82) is 0 Å². The molecule has 2 rings (SSSR count). The lowest BCUT2D eigenvalue weighted by atomic mass is 10.2. The second-order valence-electron chi connectivity index (χ2n) is 2.52. The smallest absolute Gasteiger partial charge is 0.254 e. The van der Waals surface area contributed by atoms with E-state index in [2.05, 4.69) is 4.98 Å². The Hall–Kier alpha value is -0.990. The summed E-state index contributed by atoms with van der Waals surface area (Å²) in [5.41, 5.74) is 1.47. The molecule has 0 aliphatic carbocycles. The van der Waals surface area contributed by atoms with Gasteiger partial charge in [-0.3, -0.25) is 4.79 Å². The van der Waals surface area contributed by atoms with E-state index in [1.165, 1.54) is 0 Å². The van der Waals surface area contributed by atoms with E-state index < -0.39 is 5.24 Å². The maximum atomic E-state index is 10.9. The number of fused-ring (bicyclic) bond motifs is 1. The molecule has 2 aromatic rings. The molecular weight excluding hydrogens is 209 g/mol. The largest absolute Gasteiger partial charge is 0.360 e. The van der Waals surface area contributed by atoms with E-state index in [-0.39, 0.29) is 12.4 Å². The molecule has 0 spiro atoms. The molecule has 0 saturated carbocycles. The summed E-state index contributed by atoms with van der Waals surface area (Å²) >= 11 is 5.36. The summed E-state index contributed by atoms with van der Waals surface area (Å²) in [5, 5.41) is 0.449. The molecule has 0 radical (unpaired) electrons. The third-order valence-electron chi connectivity index (χ3n) is 1.80. The van der Waals surface area contributed by atoms with Gasteiger partial charge in [0.1, 0.15) is 0 Å². The number of aromatic nitrogens is 1. The van der Waals surface area contributed by atoms with Crippen LogP contribution in [0, 0.1) is 0 Å². The molecule has 0 atom stereocenters. The molecule has 0 saturated heterocycles. The van der Waals surface area contributed by atoms with Crippen molar-refractivity contribution in [3.8, 4) is 0 Å². The van der Waals surface area contributed by atoms with Crippen LogP contribution in [0.25, 0.3) is 10.9 Å². The highest BCUT2D eigenvalue weighted by molar-refractivity contribution is 6.68. The van der Waals surface area contributed by atoms with E-state index in [9.17, 15) is 4.79 Å². The average molecular weight is 216 g/mol. The summed E-state index contributed by atoms with van der Waals surface area (Å²) in [6, 6.07) is 7.54. The number of nitrogens with one attached hydrogen (secondary N) is 1. The molecule has 13 heavy (non-hydrogen) atoms. The molecular formula is C9H7Cl2NO. The number of hydrogen-bond acceptors (Lipinski definition) is 1. The van der Waals surface area contributed by atoms with E-state index in [0.717, 1.165) is 10.9 Å². The molecule has 1 aromatic carbocycles. The highest BCUT2D eigenvalue weighted by Crippen LogP contribution is 2.18. The number of halogens is 2. The minimum atomic E-state index is -0.424. The van der Waals surface area contributed by atoms with Gasteiger partial charge in [0.05, 0.1) is 5.56 Å². The van der Waals surface area contributed by atoms with Crippen molar-refractivity contribution >= 4 is 40.2 Å². The Bertz CT molecular complexity index is 436. The van der Waals surface area contributed by atoms with Crippen LogP contribution >= 0.6 is 24.0 Å². The molecule has 1 heterocycles. The van der Waals surface area contributed by atoms with Crippen molar-refractivity contribution in [1.82, 2.24) is 4.98 Å². The minimum absolute atomic E-state index is 0. The zero-order valence-corrected chi connectivity index (χ0v) is 8.15. The van der Waals surface area contributed by atoms with Crippen LogP contribution in [0.1, 0.15) is 10.4 Å². The highest BCUT2D eigenvalue weighted by Gasteiger charge is 2.07. The van der Waals surface area contributed by atoms with Crippen LogP contribution in [-0.4, -0.2) is 10.2 Å². The Balaban J connectivity index is 0.000000845. The predicted octanol–water partition coefficient (Wildman–Crippen LogP) is 2.97. The molecule has 0 aliphatic rings. The second-order valence-corrected chi connectivity index (χ2v) is 2.86. The zero-order valence-electron chi connectivity index (χ0n) is 6.58. The molecule has 0 aliphatic heterocycles. The summed E-state index contributed by atoms with van der Waals surface area (Å²) in [6.45, 7) is 0. The van der Waals surface area contributed by atoms with Gasteiger partial charge in [-0.05, 0) is 17.7 Å². The van der Waals surface area contributed by atoms with Crippen LogP contribution in [0.5, 0.6) is 0 Å². The Labute approximate surface area is 86.3 Å². The maximum absolute atomic E-state index is 10.9. The fourth-order valence-corrected chi connectivity index (χ4v) is 1.39. The third kappa shape index (κ3) is 1.69. The number of aromatic amines is 1. The van der Waals surface area contributed by atoms with Crippen LogP contribution in [0.2, 0.25) is 0 Å². The monoisotopic (exact) mass is 215 g/mol. The van der Waals surface area contributed by atoms with Gasteiger partial charge >= 0.3 is 0 Å². The van der Waals surface area contributed by atoms with Crippen LogP contribution in [0.15, 0.2) is 30.5 Å². The first kappa shape index (κ1) is 10.1. The summed E-state index contributed by atoms with van der Waals surface area (Å²) in [7, 11) is 0. The number of benzene rings is 1. The number of carbonyl (C=O) groups excluding carboxylic acids is 1. The zero-order chi connectivity index (χ0) is 8.55. The fourth-order valence-electron chi connectivity index (χ4n) is 1.23. The number of hydrogen-bond donors (Lipinski definition) is 1. The van der Waals surface area contributed by atoms with E-state index >= 15 is 0 Å². The normalized spacial score (nSPS) is 9.62. The number of para-hydroxylation sites is 1. The van der Waals surface area contributed by atoms with E-state index in [0.29, 0.717) is 5.56 Å². The van der Waals surface area contributed by atoms with Crippen molar-refractivity contribution in [3.63, 3.8) is 0 Å². The highest BCUT2D eigenvalue weighted by atomic mass is 35.5. The van der Waals surface area contributed by atoms with Gasteiger partial charge in [-0.2, -0.15) is 0 Å². The van der Waals surface area contributed by atoms with E-state index in [1.807, 2.05) is 24.3 Å². The molecule has 4 heteroatoms. The van der Waals surface area contributed by atoms with Crippen molar-refractivity contribution in [2.75, 3.05) is 0 Å². The quantitative estimate of drug-likeness (QED) is 0.730. The lowest BCUT2D eigenvalue weighted by Crippen LogP contribution is -1.83. The first-order valence-electron chi connectivity index (χ1n) is 3.55. The molecule has 0 bridgehead atoms. The van der Waals surface area contributed by atoms with Crippen LogP contribution in [-0.2, 0) is 0 Å². The molecule has 1 aromatic heterocycles. The third-order valence-corrected chi connectivity index (χ3v) is 2.00. The minimum Gasteiger partial charge on any atom is -0.360 e. The van der Waals surface area contributed by atoms with Gasteiger partial charge in [0.15, 0.2) is 0 Å². The summed E-state index contributed by atoms with van der Waals surface area (Å²) < 4.78 is 0. The summed E-state index contributed by atoms with van der Waals surface area (Å²) in [4.78, 5) is 13.8. The summed E-state index contributed by atoms with van der Waals surface area (Å²) in [6.07, 6.45) is 1.62. The second kappa shape index (κ2) is 3.81. The summed E-state index contributed by atoms with van der Waals surface area (Å²) in [5.74, 6) is 0. The van der Waals surface area contributed by atoms with Crippen molar-refractivity contribution in [3.05, 3.63) is 36.0 Å². The van der Waals surface area contributed by atoms with Gasteiger partial charge in [0, 0.05) is 17.1 Å². The van der Waals surface area contributed by atoms with Gasteiger partial charge in [-0.25, -0.2) is 0 Å². The van der Waals surface area contributed by atoms with E-state index in [4.69, 9.17) is 11.6 Å². The van der Waals surface area contributed by atoms with Crippen LogP contribution in [0.4, 0.5) is 0 Å². The Morgan fingerprint density at radius 2 is 2.00 bits per heavy atom. The molecule has 1 N–H and O–H groups in total. The number of carbonyl (C=O) groups is 1. The standard InChI is InChI=1S/C9H6ClNO.ClH/c10-9(12)7-5-11-8-4-2-1-3-6(7)8;/h1-5,11H;1H. The Morgan fingerprint density at radius 1 is 1.31 bits per heavy atom. The molecule has 0 fully saturated rings. The van der Waals surface area contributed by atoms with Crippen molar-refractivity contribution < 1.29 is 4.79 Å². The van der Waals surface area contributed by atoms with E-state index in [1.54, 1.807) is 6.20 Å². The first-order chi connectivity index (χ1) is 5.79. The number of H-pyrrole nitrogens is 1. The van der Waals surface area contributed by atoms with Gasteiger partial charge in [0.2, 0.25) is 0 Å². The lowest BCUT2D eigenvalue weighted by molar-refractivity contribution is 0.108.